The van der Waals surface area contributed by atoms with Crippen LogP contribution in [0.25, 0.3) is 0 Å². The maximum Gasteiger partial charge on any atom is 0.410 e. The Kier molecular flexibility index (Phi) is 8.61. The molecule has 2 aromatic rings. The van der Waals surface area contributed by atoms with Gasteiger partial charge in [0.2, 0.25) is 5.91 Å². The van der Waals surface area contributed by atoms with Gasteiger partial charge in [0.05, 0.1) is 0 Å². The Hall–Kier alpha value is -2.93. The van der Waals surface area contributed by atoms with Crippen molar-refractivity contribution in [3.8, 4) is 0 Å². The number of nitrogens with zero attached hydrogens (tertiary/aromatic N) is 2. The van der Waals surface area contributed by atoms with E-state index >= 15 is 0 Å². The number of likely N-dealkylation sites (tertiary alicyclic amines) is 1. The fourth-order valence-electron chi connectivity index (χ4n) is 4.37. The van der Waals surface area contributed by atoms with Crippen LogP contribution in [0.4, 0.5) is 10.5 Å². The van der Waals surface area contributed by atoms with Gasteiger partial charge >= 0.3 is 6.09 Å². The molecule has 0 saturated carbocycles. The van der Waals surface area contributed by atoms with Crippen LogP contribution >= 0.6 is 0 Å². The minimum absolute atomic E-state index is 0.0943. The first kappa shape index (κ1) is 29.6. The Bertz CT molecular complexity index is 1080. The number of aromatic nitrogens is 1. The summed E-state index contributed by atoms with van der Waals surface area (Å²) in [5, 5.41) is 6.78. The van der Waals surface area contributed by atoms with Crippen molar-refractivity contribution in [2.24, 2.45) is 0 Å². The molecule has 1 aliphatic rings. The second kappa shape index (κ2) is 11.0. The van der Waals surface area contributed by atoms with E-state index in [9.17, 15) is 9.59 Å². The standard InChI is InChI=1S/C31H46N4O3/c1-28(2,3)24-19-23(20-25(34-24)29(4,5)6)33-26(36)31(32-21-22-13-11-10-12-14-22)15-17-35(18-16-31)27(37)38-30(7,8)9/h10-14,19-20,32H,15-18,21H2,1-9H3,(H,33,34,36). The summed E-state index contributed by atoms with van der Waals surface area (Å²) in [6.07, 6.45) is 0.621. The number of carbonyl (C=O) groups excluding carboxylic acids is 2. The molecule has 7 heteroatoms. The first-order chi connectivity index (χ1) is 17.5. The van der Waals surface area contributed by atoms with Gasteiger partial charge < -0.3 is 15.0 Å². The molecule has 38 heavy (non-hydrogen) atoms. The van der Waals surface area contributed by atoms with E-state index in [-0.39, 0.29) is 22.8 Å². The van der Waals surface area contributed by atoms with Gasteiger partial charge in [-0.25, -0.2) is 4.79 Å². The third-order valence-electron chi connectivity index (χ3n) is 6.80. The van der Waals surface area contributed by atoms with Gasteiger partial charge in [-0.1, -0.05) is 71.9 Å². The Balaban J connectivity index is 1.88. The Labute approximate surface area is 228 Å². The first-order valence-electron chi connectivity index (χ1n) is 13.6. The van der Waals surface area contributed by atoms with Crippen LogP contribution in [0.5, 0.6) is 0 Å². The maximum absolute atomic E-state index is 14.0. The van der Waals surface area contributed by atoms with Gasteiger partial charge in [0.15, 0.2) is 0 Å². The second-order valence-electron chi connectivity index (χ2n) is 13.5. The number of anilines is 1. The van der Waals surface area contributed by atoms with Crippen LogP contribution in [0.2, 0.25) is 0 Å². The normalized spacial score (nSPS) is 16.2. The molecule has 7 nitrogen and oxygen atoms in total. The van der Waals surface area contributed by atoms with E-state index in [2.05, 4.69) is 52.2 Å². The number of pyridine rings is 1. The van der Waals surface area contributed by atoms with Gasteiger partial charge in [-0.3, -0.25) is 15.1 Å². The van der Waals surface area contributed by atoms with Crippen molar-refractivity contribution in [3.05, 3.63) is 59.4 Å². The molecule has 0 radical (unpaired) electrons. The summed E-state index contributed by atoms with van der Waals surface area (Å²) in [6.45, 7) is 19.8. The highest BCUT2D eigenvalue weighted by Gasteiger charge is 2.43. The highest BCUT2D eigenvalue weighted by atomic mass is 16.6. The van der Waals surface area contributed by atoms with Gasteiger partial charge in [-0.15, -0.1) is 0 Å². The predicted molar refractivity (Wildman–Crippen MR) is 153 cm³/mol. The fourth-order valence-corrected chi connectivity index (χ4v) is 4.37. The summed E-state index contributed by atoms with van der Waals surface area (Å²) in [5.74, 6) is -0.0943. The molecule has 1 aliphatic heterocycles. The van der Waals surface area contributed by atoms with Gasteiger partial charge in [0.1, 0.15) is 11.1 Å². The molecule has 2 amide bonds. The molecule has 208 valence electrons. The summed E-state index contributed by atoms with van der Waals surface area (Å²) in [4.78, 5) is 33.3. The molecule has 2 heterocycles. The summed E-state index contributed by atoms with van der Waals surface area (Å²) in [5.41, 5.74) is 1.99. The van der Waals surface area contributed by atoms with Crippen molar-refractivity contribution >= 4 is 17.7 Å². The van der Waals surface area contributed by atoms with E-state index in [1.807, 2.05) is 63.2 Å². The Morgan fingerprint density at radius 2 is 1.42 bits per heavy atom. The van der Waals surface area contributed by atoms with Crippen molar-refractivity contribution in [2.75, 3.05) is 18.4 Å². The van der Waals surface area contributed by atoms with Crippen LogP contribution in [-0.4, -0.2) is 46.1 Å². The van der Waals surface area contributed by atoms with E-state index in [4.69, 9.17) is 9.72 Å². The van der Waals surface area contributed by atoms with Crippen LogP contribution in [0.3, 0.4) is 0 Å². The van der Waals surface area contributed by atoms with Crippen molar-refractivity contribution in [1.82, 2.24) is 15.2 Å². The zero-order chi connectivity index (χ0) is 28.4. The monoisotopic (exact) mass is 522 g/mol. The lowest BCUT2D eigenvalue weighted by molar-refractivity contribution is -0.124. The summed E-state index contributed by atoms with van der Waals surface area (Å²) in [6, 6.07) is 14.0. The van der Waals surface area contributed by atoms with Crippen LogP contribution in [0, 0.1) is 0 Å². The topological polar surface area (TPSA) is 83.6 Å². The Morgan fingerprint density at radius 3 is 1.89 bits per heavy atom. The number of amides is 2. The van der Waals surface area contributed by atoms with Crippen molar-refractivity contribution in [3.63, 3.8) is 0 Å². The van der Waals surface area contributed by atoms with E-state index in [0.29, 0.717) is 32.5 Å². The van der Waals surface area contributed by atoms with Crippen molar-refractivity contribution < 1.29 is 14.3 Å². The molecule has 3 rings (SSSR count). The minimum atomic E-state index is -0.832. The number of carbonyl (C=O) groups is 2. The average Bonchev–Trinajstić information content (AvgIpc) is 2.81. The zero-order valence-electron chi connectivity index (χ0n) is 24.7. The predicted octanol–water partition coefficient (Wildman–Crippen LogP) is 6.17. The molecule has 0 unspecified atom stereocenters. The van der Waals surface area contributed by atoms with Crippen LogP contribution in [-0.2, 0) is 26.9 Å². The first-order valence-corrected chi connectivity index (χ1v) is 13.6. The SMILES string of the molecule is CC(C)(C)OC(=O)N1CCC(NCc2ccccc2)(C(=O)Nc2cc(C(C)(C)C)nc(C(C)(C)C)c2)CC1. The molecule has 0 atom stereocenters. The molecule has 0 aliphatic carbocycles. The van der Waals surface area contributed by atoms with E-state index in [1.165, 1.54) is 0 Å². The van der Waals surface area contributed by atoms with E-state index in [1.54, 1.807) is 4.90 Å². The number of nitrogens with one attached hydrogen (secondary N) is 2. The lowest BCUT2D eigenvalue weighted by atomic mass is 9.85. The molecule has 2 N–H and O–H groups in total. The number of ether oxygens (including phenoxy) is 1. The summed E-state index contributed by atoms with van der Waals surface area (Å²) < 4.78 is 5.58. The van der Waals surface area contributed by atoms with Crippen molar-refractivity contribution in [1.29, 1.82) is 0 Å². The molecule has 0 bridgehead atoms. The van der Waals surface area contributed by atoms with E-state index < -0.39 is 11.1 Å². The van der Waals surface area contributed by atoms with Crippen LogP contribution in [0.1, 0.15) is 92.1 Å². The smallest absolute Gasteiger partial charge is 0.410 e. The third-order valence-corrected chi connectivity index (χ3v) is 6.80. The van der Waals surface area contributed by atoms with Gasteiger partial charge in [0.25, 0.3) is 0 Å². The maximum atomic E-state index is 14.0. The number of benzene rings is 1. The zero-order valence-corrected chi connectivity index (χ0v) is 24.7. The largest absolute Gasteiger partial charge is 0.444 e. The molecule has 1 saturated heterocycles. The fraction of sp³-hybridized carbons (Fsp3) is 0.581. The number of rotatable bonds is 5. The minimum Gasteiger partial charge on any atom is -0.444 e. The summed E-state index contributed by atoms with van der Waals surface area (Å²) >= 11 is 0. The van der Waals surface area contributed by atoms with Crippen molar-refractivity contribution in [2.45, 2.75) is 104 Å². The molecule has 1 fully saturated rings. The van der Waals surface area contributed by atoms with Gasteiger partial charge in [-0.05, 0) is 51.3 Å². The molecular formula is C31H46N4O3. The van der Waals surface area contributed by atoms with Gasteiger partial charge in [0, 0.05) is 47.5 Å². The summed E-state index contributed by atoms with van der Waals surface area (Å²) in [7, 11) is 0. The quantitative estimate of drug-likeness (QED) is 0.490. The van der Waals surface area contributed by atoms with Crippen LogP contribution < -0.4 is 10.6 Å². The highest BCUT2D eigenvalue weighted by Crippen LogP contribution is 2.31. The molecule has 1 aromatic heterocycles. The molecule has 1 aromatic carbocycles. The highest BCUT2D eigenvalue weighted by molar-refractivity contribution is 5.98. The Morgan fingerprint density at radius 1 is 0.895 bits per heavy atom. The molecular weight excluding hydrogens is 476 g/mol. The third kappa shape index (κ3) is 7.79. The van der Waals surface area contributed by atoms with E-state index in [0.717, 1.165) is 22.6 Å². The lowest BCUT2D eigenvalue weighted by Gasteiger charge is -2.41. The average molecular weight is 523 g/mol. The van der Waals surface area contributed by atoms with Gasteiger partial charge in [-0.2, -0.15) is 0 Å². The number of hydrogen-bond acceptors (Lipinski definition) is 5. The van der Waals surface area contributed by atoms with Crippen LogP contribution in [0.15, 0.2) is 42.5 Å². The lowest BCUT2D eigenvalue weighted by Crippen LogP contribution is -2.60. The number of piperidine rings is 1. The molecule has 0 spiro atoms. The second-order valence-corrected chi connectivity index (χ2v) is 13.5. The number of hydrogen-bond donors (Lipinski definition) is 2.